The first kappa shape index (κ1) is 20.2. The van der Waals surface area contributed by atoms with Gasteiger partial charge in [0, 0.05) is 22.8 Å². The smallest absolute Gasteiger partial charge is 0.408 e. The normalized spacial score (nSPS) is 51.8. The van der Waals surface area contributed by atoms with Gasteiger partial charge in [0.25, 0.3) is 0 Å². The molecule has 7 rings (SSSR count). The zero-order chi connectivity index (χ0) is 23.1. The Labute approximate surface area is 189 Å². The Kier molecular flexibility index (Phi) is 3.51. The Morgan fingerprint density at radius 3 is 2.82 bits per heavy atom. The van der Waals surface area contributed by atoms with Crippen molar-refractivity contribution in [3.05, 3.63) is 11.1 Å². The van der Waals surface area contributed by atoms with Crippen LogP contribution in [0.4, 0.5) is 4.79 Å². The fraction of sp³-hybridized carbons (Fsp3) is 0.783. The van der Waals surface area contributed by atoms with Crippen LogP contribution in [0.5, 0.6) is 0 Å². The number of epoxide rings is 2. The van der Waals surface area contributed by atoms with Gasteiger partial charge in [-0.3, -0.25) is 4.79 Å². The van der Waals surface area contributed by atoms with Gasteiger partial charge in [0.1, 0.15) is 24.4 Å². The number of rotatable bonds is 4. The maximum absolute atomic E-state index is 12.6. The number of nitrogens with one attached hydrogen (secondary N) is 1. The summed E-state index contributed by atoms with van der Waals surface area (Å²) in [5, 5.41) is 23.5. The molecule has 3 N–H and O–H groups in total. The number of hydrogen-bond acceptors (Lipinski definition) is 8. The van der Waals surface area contributed by atoms with Crippen LogP contribution < -0.4 is 5.32 Å². The number of amides is 1. The van der Waals surface area contributed by atoms with Crippen LogP contribution in [0.2, 0.25) is 0 Å². The maximum Gasteiger partial charge on any atom is 0.408 e. The molecule has 178 valence electrons. The van der Waals surface area contributed by atoms with Crippen LogP contribution in [0.1, 0.15) is 39.5 Å². The number of alkyl carbamates (subject to hydrolysis) is 1. The molecule has 9 unspecified atom stereocenters. The van der Waals surface area contributed by atoms with Crippen LogP contribution in [-0.2, 0) is 28.5 Å². The van der Waals surface area contributed by atoms with Crippen molar-refractivity contribution in [3.8, 4) is 0 Å². The highest BCUT2D eigenvalue weighted by atomic mass is 16.7. The second kappa shape index (κ2) is 5.72. The van der Waals surface area contributed by atoms with Gasteiger partial charge in [-0.2, -0.15) is 0 Å². The van der Waals surface area contributed by atoms with Gasteiger partial charge < -0.3 is 34.5 Å². The van der Waals surface area contributed by atoms with Crippen LogP contribution in [-0.4, -0.2) is 76.5 Å². The minimum Gasteiger partial charge on any atom is -0.480 e. The summed E-state index contributed by atoms with van der Waals surface area (Å²) in [5.41, 5.74) is -1.73. The monoisotopic (exact) mass is 461 g/mol. The summed E-state index contributed by atoms with van der Waals surface area (Å²) < 4.78 is 24.0. The Bertz CT molecular complexity index is 1050. The van der Waals surface area contributed by atoms with E-state index < -0.39 is 46.9 Å². The number of aliphatic carboxylic acids is 1. The summed E-state index contributed by atoms with van der Waals surface area (Å²) in [6.45, 7) is 3.71. The molecule has 3 aliphatic heterocycles. The first-order valence-corrected chi connectivity index (χ1v) is 11.8. The molecule has 0 aromatic rings. The Morgan fingerprint density at radius 2 is 2.09 bits per heavy atom. The topological polar surface area (TPSA) is 147 Å². The number of carboxylic acids is 1. The second-order valence-electron chi connectivity index (χ2n) is 11.1. The molecule has 0 aromatic heterocycles. The third-order valence-electron chi connectivity index (χ3n) is 9.83. The van der Waals surface area contributed by atoms with Crippen molar-refractivity contribution in [1.29, 1.82) is 0 Å². The van der Waals surface area contributed by atoms with E-state index in [2.05, 4.69) is 5.32 Å². The summed E-state index contributed by atoms with van der Waals surface area (Å²) in [6.07, 6.45) is 0.139. The lowest BCUT2D eigenvalue weighted by Gasteiger charge is -2.55. The van der Waals surface area contributed by atoms with Crippen molar-refractivity contribution >= 4 is 18.0 Å². The lowest BCUT2D eigenvalue weighted by atomic mass is 9.50. The molecule has 7 aliphatic rings. The van der Waals surface area contributed by atoms with E-state index >= 15 is 0 Å². The van der Waals surface area contributed by atoms with E-state index in [4.69, 9.17) is 24.1 Å². The molecule has 5 fully saturated rings. The van der Waals surface area contributed by atoms with Gasteiger partial charge in [0.05, 0.1) is 17.8 Å². The molecule has 10 heteroatoms. The molecule has 0 radical (unpaired) electrons. The highest BCUT2D eigenvalue weighted by Gasteiger charge is 3.00. The quantitative estimate of drug-likeness (QED) is 0.402. The van der Waals surface area contributed by atoms with Crippen LogP contribution in [0, 0.1) is 23.2 Å². The number of cyclic esters (lactones) is 1. The van der Waals surface area contributed by atoms with E-state index in [0.717, 1.165) is 5.57 Å². The van der Waals surface area contributed by atoms with E-state index in [1.807, 2.05) is 13.8 Å². The molecule has 2 spiro atoms. The summed E-state index contributed by atoms with van der Waals surface area (Å²) in [7, 11) is 0. The summed E-state index contributed by atoms with van der Waals surface area (Å²) in [5.74, 6) is -1.56. The fourth-order valence-electron chi connectivity index (χ4n) is 8.48. The van der Waals surface area contributed by atoms with E-state index in [1.165, 1.54) is 0 Å². The highest BCUT2D eigenvalue weighted by Crippen LogP contribution is 2.88. The fourth-order valence-corrected chi connectivity index (χ4v) is 8.48. The third kappa shape index (κ3) is 2.02. The zero-order valence-electron chi connectivity index (χ0n) is 18.5. The molecule has 0 bridgehead atoms. The van der Waals surface area contributed by atoms with Gasteiger partial charge in [-0.15, -0.1) is 0 Å². The number of hydrogen-bond donors (Lipinski definition) is 3. The summed E-state index contributed by atoms with van der Waals surface area (Å²) >= 11 is 0. The molecule has 1 amide bonds. The highest BCUT2D eigenvalue weighted by molar-refractivity contribution is 5.92. The molecule has 4 aliphatic carbocycles. The molecule has 33 heavy (non-hydrogen) atoms. The molecule has 3 saturated carbocycles. The second-order valence-corrected chi connectivity index (χ2v) is 11.1. The van der Waals surface area contributed by atoms with Gasteiger partial charge in [-0.25, -0.2) is 9.59 Å². The number of ether oxygens (including phenoxy) is 4. The minimum atomic E-state index is -1.17. The van der Waals surface area contributed by atoms with Crippen LogP contribution in [0.15, 0.2) is 11.1 Å². The lowest BCUT2D eigenvalue weighted by Crippen LogP contribution is -2.69. The number of carboxylic acid groups (broad SMARTS) is 1. The molecule has 0 aromatic carbocycles. The van der Waals surface area contributed by atoms with Gasteiger partial charge in [-0.1, -0.05) is 13.8 Å². The van der Waals surface area contributed by atoms with Gasteiger partial charge in [0.15, 0.2) is 6.10 Å². The van der Waals surface area contributed by atoms with E-state index in [1.54, 1.807) is 0 Å². The average molecular weight is 461 g/mol. The van der Waals surface area contributed by atoms with Crippen molar-refractivity contribution in [1.82, 2.24) is 5.32 Å². The van der Waals surface area contributed by atoms with Crippen molar-refractivity contribution in [2.75, 3.05) is 13.2 Å². The summed E-state index contributed by atoms with van der Waals surface area (Å²) in [4.78, 5) is 35.7. The number of carbonyl (C=O) groups excluding carboxylic acids is 2. The van der Waals surface area contributed by atoms with Crippen molar-refractivity contribution in [3.63, 3.8) is 0 Å². The standard InChI is InChI=1S/C23H27NO9/c1-9(2)22-16(33-22)13-6-20(13)21(29)4-3-10-11(8-30-17(10)27)12(21)5-14-23(20,32-14)18(22)31-19(28)24-7-15(25)26/h9,12-14,16,18,29H,3-8H2,1-2H3,(H,24,28)(H,25,26). The van der Waals surface area contributed by atoms with Crippen molar-refractivity contribution < 1.29 is 43.5 Å². The third-order valence-corrected chi connectivity index (χ3v) is 9.83. The maximum atomic E-state index is 12.6. The van der Waals surface area contributed by atoms with E-state index in [9.17, 15) is 19.5 Å². The molecular weight excluding hydrogens is 434 g/mol. The number of carbonyl (C=O) groups is 3. The Hall–Kier alpha value is -2.17. The molecule has 10 nitrogen and oxygen atoms in total. The first-order valence-electron chi connectivity index (χ1n) is 11.8. The van der Waals surface area contributed by atoms with Gasteiger partial charge >= 0.3 is 18.0 Å². The predicted octanol–water partition coefficient (Wildman–Crippen LogP) is 0.515. The van der Waals surface area contributed by atoms with E-state index in [-0.39, 0.29) is 42.5 Å². The van der Waals surface area contributed by atoms with Crippen molar-refractivity contribution in [2.45, 2.75) is 74.6 Å². The number of esters is 1. The van der Waals surface area contributed by atoms with Gasteiger partial charge in [0.2, 0.25) is 0 Å². The minimum absolute atomic E-state index is 0.0338. The van der Waals surface area contributed by atoms with Crippen LogP contribution in [0.3, 0.4) is 0 Å². The Morgan fingerprint density at radius 1 is 1.30 bits per heavy atom. The molecule has 3 heterocycles. The van der Waals surface area contributed by atoms with E-state index in [0.29, 0.717) is 31.3 Å². The van der Waals surface area contributed by atoms with Crippen molar-refractivity contribution in [2.24, 2.45) is 23.2 Å². The molecule has 9 atom stereocenters. The lowest BCUT2D eigenvalue weighted by molar-refractivity contribution is -0.166. The molecule has 2 saturated heterocycles. The average Bonchev–Trinajstić information content (AvgIpc) is 3.65. The summed E-state index contributed by atoms with van der Waals surface area (Å²) in [6, 6.07) is 0. The SMILES string of the molecule is CC(C)C12OC1C1CC13C1(O)CCC4=C(COC4=O)C1CC1OC13C2OC(=O)NCC(=O)O. The predicted molar refractivity (Wildman–Crippen MR) is 107 cm³/mol. The number of fused-ring (bicyclic) bond motifs is 4. The van der Waals surface area contributed by atoms with Gasteiger partial charge in [-0.05, 0) is 37.2 Å². The zero-order valence-corrected chi connectivity index (χ0v) is 18.5. The Balaban J connectivity index is 1.29. The first-order chi connectivity index (χ1) is 15.6. The number of aliphatic hydroxyl groups is 1. The van der Waals surface area contributed by atoms with Crippen LogP contribution >= 0.6 is 0 Å². The van der Waals surface area contributed by atoms with Crippen LogP contribution in [0.25, 0.3) is 0 Å². The largest absolute Gasteiger partial charge is 0.480 e. The molecular formula is C23H27NO9.